The first kappa shape index (κ1) is 7.16. The van der Waals surface area contributed by atoms with E-state index in [1.165, 1.54) is 0 Å². The van der Waals surface area contributed by atoms with Crippen LogP contribution >= 0.6 is 11.8 Å². The fraction of sp³-hybridized carbons (Fsp3) is 0.333. The molecule has 0 atom stereocenters. The zero-order valence-corrected chi connectivity index (χ0v) is 6.64. The normalized spacial score (nSPS) is 9.30. The van der Waals surface area contributed by atoms with Gasteiger partial charge in [-0.25, -0.2) is 4.98 Å². The van der Waals surface area contributed by atoms with Crippen molar-refractivity contribution in [3.63, 3.8) is 0 Å². The van der Waals surface area contributed by atoms with Crippen molar-refractivity contribution < 1.29 is 0 Å². The zero-order valence-electron chi connectivity index (χ0n) is 5.83. The van der Waals surface area contributed by atoms with Crippen LogP contribution in [-0.2, 0) is 7.05 Å². The van der Waals surface area contributed by atoms with Gasteiger partial charge < -0.3 is 4.57 Å². The Morgan fingerprint density at radius 3 is 2.80 bits per heavy atom. The molecule has 0 fully saturated rings. The zero-order chi connectivity index (χ0) is 7.56. The van der Waals surface area contributed by atoms with Gasteiger partial charge in [0.2, 0.25) is 5.82 Å². The number of aromatic nitrogens is 2. The van der Waals surface area contributed by atoms with Crippen molar-refractivity contribution in [2.45, 2.75) is 5.03 Å². The van der Waals surface area contributed by atoms with Crippen molar-refractivity contribution in [3.8, 4) is 6.07 Å². The highest BCUT2D eigenvalue weighted by Crippen LogP contribution is 2.13. The second-order valence-corrected chi connectivity index (χ2v) is 2.62. The third-order valence-corrected chi connectivity index (χ3v) is 2.05. The van der Waals surface area contributed by atoms with E-state index < -0.39 is 0 Å². The fourth-order valence-electron chi connectivity index (χ4n) is 0.687. The first-order chi connectivity index (χ1) is 4.79. The van der Waals surface area contributed by atoms with Crippen LogP contribution in [0.4, 0.5) is 0 Å². The Morgan fingerprint density at radius 1 is 1.80 bits per heavy atom. The number of rotatable bonds is 1. The molecule has 0 saturated heterocycles. The van der Waals surface area contributed by atoms with Crippen molar-refractivity contribution in [2.75, 3.05) is 6.26 Å². The molecule has 3 nitrogen and oxygen atoms in total. The average Bonchev–Trinajstić information content (AvgIpc) is 2.30. The van der Waals surface area contributed by atoms with Gasteiger partial charge in [0.25, 0.3) is 0 Å². The van der Waals surface area contributed by atoms with E-state index in [1.807, 2.05) is 19.4 Å². The van der Waals surface area contributed by atoms with Crippen LogP contribution in [0.3, 0.4) is 0 Å². The Hall–Kier alpha value is -0.950. The van der Waals surface area contributed by atoms with E-state index in [-0.39, 0.29) is 0 Å². The summed E-state index contributed by atoms with van der Waals surface area (Å²) in [4.78, 5) is 3.89. The van der Waals surface area contributed by atoms with E-state index in [1.54, 1.807) is 22.5 Å². The van der Waals surface area contributed by atoms with Crippen LogP contribution < -0.4 is 0 Å². The smallest absolute Gasteiger partial charge is 0.213 e. The predicted molar refractivity (Wildman–Crippen MR) is 39.7 cm³/mol. The van der Waals surface area contributed by atoms with Crippen LogP contribution in [0.25, 0.3) is 0 Å². The molecular weight excluding hydrogens is 146 g/mol. The molecule has 0 aliphatic heterocycles. The SMILES string of the molecule is CSc1cnc(C#N)n1C. The average molecular weight is 153 g/mol. The lowest BCUT2D eigenvalue weighted by atomic mass is 10.7. The van der Waals surface area contributed by atoms with E-state index in [4.69, 9.17) is 5.26 Å². The van der Waals surface area contributed by atoms with E-state index in [0.717, 1.165) is 5.03 Å². The molecule has 1 heterocycles. The highest BCUT2D eigenvalue weighted by molar-refractivity contribution is 7.98. The second kappa shape index (κ2) is 2.76. The van der Waals surface area contributed by atoms with Crippen molar-refractivity contribution in [3.05, 3.63) is 12.0 Å². The second-order valence-electron chi connectivity index (χ2n) is 1.79. The summed E-state index contributed by atoms with van der Waals surface area (Å²) in [5, 5.41) is 9.50. The molecule has 0 unspecified atom stereocenters. The molecule has 1 aromatic rings. The summed E-state index contributed by atoms with van der Waals surface area (Å²) in [6.07, 6.45) is 3.65. The highest BCUT2D eigenvalue weighted by atomic mass is 32.2. The summed E-state index contributed by atoms with van der Waals surface area (Å²) in [6, 6.07) is 1.99. The molecule has 0 spiro atoms. The molecule has 0 saturated carbocycles. The molecule has 0 radical (unpaired) electrons. The maximum Gasteiger partial charge on any atom is 0.213 e. The van der Waals surface area contributed by atoms with Gasteiger partial charge in [-0.15, -0.1) is 11.8 Å². The maximum absolute atomic E-state index is 8.48. The molecule has 0 aliphatic rings. The third-order valence-electron chi connectivity index (χ3n) is 1.25. The van der Waals surface area contributed by atoms with E-state index in [9.17, 15) is 0 Å². The van der Waals surface area contributed by atoms with E-state index in [2.05, 4.69) is 4.98 Å². The molecule has 0 aliphatic carbocycles. The Morgan fingerprint density at radius 2 is 2.50 bits per heavy atom. The Kier molecular flexibility index (Phi) is 1.97. The van der Waals surface area contributed by atoms with Gasteiger partial charge in [-0.05, 0) is 6.26 Å². The number of thioether (sulfide) groups is 1. The first-order valence-corrected chi connectivity index (χ1v) is 3.98. The Bertz CT molecular complexity index is 271. The van der Waals surface area contributed by atoms with Gasteiger partial charge in [-0.2, -0.15) is 5.26 Å². The van der Waals surface area contributed by atoms with Gasteiger partial charge in [0, 0.05) is 7.05 Å². The van der Waals surface area contributed by atoms with Crippen LogP contribution in [0.15, 0.2) is 11.2 Å². The summed E-state index contributed by atoms with van der Waals surface area (Å²) in [5.41, 5.74) is 0. The molecule has 0 amide bonds. The summed E-state index contributed by atoms with van der Waals surface area (Å²) in [5.74, 6) is 0.462. The topological polar surface area (TPSA) is 41.6 Å². The molecule has 0 bridgehead atoms. The first-order valence-electron chi connectivity index (χ1n) is 2.75. The van der Waals surface area contributed by atoms with Crippen LogP contribution in [0.5, 0.6) is 0 Å². The number of hydrogen-bond acceptors (Lipinski definition) is 3. The molecule has 52 valence electrons. The summed E-state index contributed by atoms with van der Waals surface area (Å²) in [6.45, 7) is 0. The highest BCUT2D eigenvalue weighted by Gasteiger charge is 2.01. The molecule has 4 heteroatoms. The standard InChI is InChI=1S/C6H7N3S/c1-9-5(3-7)8-4-6(9)10-2/h4H,1-2H3. The quantitative estimate of drug-likeness (QED) is 0.565. The van der Waals surface area contributed by atoms with Crippen LogP contribution in [0.2, 0.25) is 0 Å². The van der Waals surface area contributed by atoms with Gasteiger partial charge in [0.15, 0.2) is 0 Å². The number of imidazole rings is 1. The molecular formula is C6H7N3S. The van der Waals surface area contributed by atoms with E-state index >= 15 is 0 Å². The Balaban J connectivity index is 3.12. The minimum atomic E-state index is 0.462. The fourth-order valence-corrected chi connectivity index (χ4v) is 1.21. The van der Waals surface area contributed by atoms with Crippen molar-refractivity contribution in [1.82, 2.24) is 9.55 Å². The molecule has 0 N–H and O–H groups in total. The summed E-state index contributed by atoms with van der Waals surface area (Å²) < 4.78 is 1.77. The molecule has 0 aromatic carbocycles. The predicted octanol–water partition coefficient (Wildman–Crippen LogP) is 1.01. The van der Waals surface area contributed by atoms with E-state index in [0.29, 0.717) is 5.82 Å². The monoisotopic (exact) mass is 153 g/mol. The number of nitrogens with zero attached hydrogens (tertiary/aromatic N) is 3. The van der Waals surface area contributed by atoms with Crippen molar-refractivity contribution in [1.29, 1.82) is 5.26 Å². The third kappa shape index (κ3) is 1.00. The van der Waals surface area contributed by atoms with Gasteiger partial charge in [0.05, 0.1) is 11.2 Å². The number of hydrogen-bond donors (Lipinski definition) is 0. The largest absolute Gasteiger partial charge is 0.314 e. The lowest BCUT2D eigenvalue weighted by Gasteiger charge is -1.95. The van der Waals surface area contributed by atoms with Crippen LogP contribution in [0.1, 0.15) is 5.82 Å². The molecule has 1 aromatic heterocycles. The molecule has 10 heavy (non-hydrogen) atoms. The molecule has 1 rings (SSSR count). The van der Waals surface area contributed by atoms with Crippen molar-refractivity contribution in [2.24, 2.45) is 7.05 Å². The van der Waals surface area contributed by atoms with Crippen molar-refractivity contribution >= 4 is 11.8 Å². The number of nitriles is 1. The van der Waals surface area contributed by atoms with Gasteiger partial charge in [-0.3, -0.25) is 0 Å². The van der Waals surface area contributed by atoms with Gasteiger partial charge in [0.1, 0.15) is 6.07 Å². The summed E-state index contributed by atoms with van der Waals surface area (Å²) >= 11 is 1.58. The Labute approximate surface area is 63.7 Å². The maximum atomic E-state index is 8.48. The summed E-state index contributed by atoms with van der Waals surface area (Å²) in [7, 11) is 1.83. The van der Waals surface area contributed by atoms with Gasteiger partial charge in [-0.1, -0.05) is 0 Å². The van der Waals surface area contributed by atoms with Gasteiger partial charge >= 0.3 is 0 Å². The lowest BCUT2D eigenvalue weighted by molar-refractivity contribution is 0.808. The van der Waals surface area contributed by atoms with Crippen LogP contribution in [0, 0.1) is 11.3 Å². The minimum absolute atomic E-state index is 0.462. The van der Waals surface area contributed by atoms with Crippen LogP contribution in [-0.4, -0.2) is 15.8 Å². The lowest BCUT2D eigenvalue weighted by Crippen LogP contribution is -1.93. The minimum Gasteiger partial charge on any atom is -0.314 e.